The van der Waals surface area contributed by atoms with E-state index in [0.29, 0.717) is 12.1 Å². The highest BCUT2D eigenvalue weighted by atomic mass is 32.1. The van der Waals surface area contributed by atoms with Crippen LogP contribution in [0.2, 0.25) is 0 Å². The van der Waals surface area contributed by atoms with Gasteiger partial charge >= 0.3 is 6.03 Å². The molecule has 1 unspecified atom stereocenters. The molecular weight excluding hydrogens is 325 g/mol. The van der Waals surface area contributed by atoms with Crippen molar-refractivity contribution in [2.24, 2.45) is 0 Å². The average molecular weight is 347 g/mol. The van der Waals surface area contributed by atoms with Crippen molar-refractivity contribution in [3.05, 3.63) is 51.7 Å². The number of amides is 2. The van der Waals surface area contributed by atoms with Gasteiger partial charge in [0.05, 0.1) is 11.0 Å². The fourth-order valence-corrected chi connectivity index (χ4v) is 3.65. The van der Waals surface area contributed by atoms with Gasteiger partial charge in [-0.05, 0) is 32.8 Å². The number of carbonyl (C=O) groups excluding carboxylic acids is 1. The summed E-state index contributed by atoms with van der Waals surface area (Å²) < 4.78 is 14.1. The Kier molecular flexibility index (Phi) is 5.14. The molecule has 3 rings (SSSR count). The van der Waals surface area contributed by atoms with E-state index in [1.54, 1.807) is 28.4 Å². The minimum absolute atomic E-state index is 0.124. The third kappa shape index (κ3) is 3.93. The average Bonchev–Trinajstić information content (AvgIpc) is 3.29. The maximum absolute atomic E-state index is 14.1. The molecule has 1 aromatic heterocycles. The predicted octanol–water partition coefficient (Wildman–Crippen LogP) is 4.07. The maximum atomic E-state index is 14.1. The molecule has 24 heavy (non-hydrogen) atoms. The highest BCUT2D eigenvalue weighted by Crippen LogP contribution is 2.35. The van der Waals surface area contributed by atoms with Gasteiger partial charge in [-0.25, -0.2) is 14.2 Å². The lowest BCUT2D eigenvalue weighted by Gasteiger charge is -2.30. The fourth-order valence-electron chi connectivity index (χ4n) is 2.86. The predicted molar refractivity (Wildman–Crippen MR) is 93.6 cm³/mol. The number of hydrogen-bond acceptors (Lipinski definition) is 3. The summed E-state index contributed by atoms with van der Waals surface area (Å²) in [7, 11) is 0. The van der Waals surface area contributed by atoms with Crippen molar-refractivity contribution in [2.45, 2.75) is 45.2 Å². The second-order valence-corrected chi connectivity index (χ2v) is 7.50. The van der Waals surface area contributed by atoms with E-state index in [0.717, 1.165) is 24.3 Å². The standard InChI is InChI=1S/C18H22FN3OS/c1-12-11-21-17(24-12)9-10-20-18(23)22(14-7-8-14)13(2)15-5-3-4-6-16(15)19/h3-6,11,13-14H,7-10H2,1-2H3,(H,20,23). The van der Waals surface area contributed by atoms with Gasteiger partial charge in [-0.2, -0.15) is 0 Å². The molecule has 0 saturated heterocycles. The van der Waals surface area contributed by atoms with Crippen LogP contribution in [-0.2, 0) is 6.42 Å². The molecule has 1 atom stereocenters. The number of benzene rings is 1. The van der Waals surface area contributed by atoms with Crippen LogP contribution >= 0.6 is 11.3 Å². The van der Waals surface area contributed by atoms with E-state index in [9.17, 15) is 9.18 Å². The summed E-state index contributed by atoms with van der Waals surface area (Å²) in [5.74, 6) is -0.262. The van der Waals surface area contributed by atoms with E-state index in [-0.39, 0.29) is 23.9 Å². The Morgan fingerprint density at radius 2 is 2.21 bits per heavy atom. The third-order valence-electron chi connectivity index (χ3n) is 4.23. The summed E-state index contributed by atoms with van der Waals surface area (Å²) in [6.07, 6.45) is 4.53. The van der Waals surface area contributed by atoms with E-state index >= 15 is 0 Å². The normalized spacial score (nSPS) is 15.1. The molecule has 128 valence electrons. The van der Waals surface area contributed by atoms with Crippen LogP contribution in [0.3, 0.4) is 0 Å². The lowest BCUT2D eigenvalue weighted by atomic mass is 10.1. The minimum Gasteiger partial charge on any atom is -0.338 e. The van der Waals surface area contributed by atoms with Crippen molar-refractivity contribution < 1.29 is 9.18 Å². The molecule has 1 aromatic carbocycles. The van der Waals surface area contributed by atoms with Crippen LogP contribution in [-0.4, -0.2) is 28.5 Å². The molecular formula is C18H22FN3OS. The molecule has 1 aliphatic carbocycles. The van der Waals surface area contributed by atoms with Crippen molar-refractivity contribution in [3.63, 3.8) is 0 Å². The number of carbonyl (C=O) groups is 1. The van der Waals surface area contributed by atoms with Crippen LogP contribution in [0, 0.1) is 12.7 Å². The number of urea groups is 1. The van der Waals surface area contributed by atoms with Gasteiger partial charge in [0.25, 0.3) is 0 Å². The van der Waals surface area contributed by atoms with Crippen LogP contribution in [0.5, 0.6) is 0 Å². The topological polar surface area (TPSA) is 45.2 Å². The van der Waals surface area contributed by atoms with Crippen molar-refractivity contribution in [1.29, 1.82) is 0 Å². The van der Waals surface area contributed by atoms with E-state index < -0.39 is 0 Å². The summed E-state index contributed by atoms with van der Waals surface area (Å²) in [5, 5.41) is 3.98. The Hall–Kier alpha value is -1.95. The summed E-state index contributed by atoms with van der Waals surface area (Å²) in [4.78, 5) is 19.9. The molecule has 1 aliphatic rings. The van der Waals surface area contributed by atoms with Gasteiger partial charge in [-0.1, -0.05) is 18.2 Å². The molecule has 1 saturated carbocycles. The Morgan fingerprint density at radius 3 is 2.83 bits per heavy atom. The smallest absolute Gasteiger partial charge is 0.318 e. The van der Waals surface area contributed by atoms with Crippen molar-refractivity contribution >= 4 is 17.4 Å². The zero-order valence-electron chi connectivity index (χ0n) is 14.0. The number of rotatable bonds is 6. The van der Waals surface area contributed by atoms with E-state index in [1.807, 2.05) is 26.1 Å². The first-order chi connectivity index (χ1) is 11.6. The minimum atomic E-state index is -0.277. The molecule has 1 fully saturated rings. The molecule has 1 heterocycles. The Bertz CT molecular complexity index is 714. The summed E-state index contributed by atoms with van der Waals surface area (Å²) in [6, 6.07) is 6.48. The molecule has 4 nitrogen and oxygen atoms in total. The van der Waals surface area contributed by atoms with Gasteiger partial charge in [0.2, 0.25) is 0 Å². The number of nitrogens with zero attached hydrogens (tertiary/aromatic N) is 2. The highest BCUT2D eigenvalue weighted by Gasteiger charge is 2.36. The van der Waals surface area contributed by atoms with Gasteiger partial charge < -0.3 is 10.2 Å². The Morgan fingerprint density at radius 1 is 1.46 bits per heavy atom. The van der Waals surface area contributed by atoms with Crippen LogP contribution < -0.4 is 5.32 Å². The summed E-state index contributed by atoms with van der Waals surface area (Å²) in [6.45, 7) is 4.45. The van der Waals surface area contributed by atoms with Gasteiger partial charge in [0.1, 0.15) is 5.82 Å². The molecule has 1 N–H and O–H groups in total. The quantitative estimate of drug-likeness (QED) is 0.856. The van der Waals surface area contributed by atoms with Crippen molar-refractivity contribution in [1.82, 2.24) is 15.2 Å². The highest BCUT2D eigenvalue weighted by molar-refractivity contribution is 7.11. The van der Waals surface area contributed by atoms with E-state index in [4.69, 9.17) is 0 Å². The van der Waals surface area contributed by atoms with Gasteiger partial charge in [-0.3, -0.25) is 0 Å². The molecule has 0 radical (unpaired) electrons. The summed E-state index contributed by atoms with van der Waals surface area (Å²) in [5.41, 5.74) is 0.565. The largest absolute Gasteiger partial charge is 0.338 e. The summed E-state index contributed by atoms with van der Waals surface area (Å²) >= 11 is 1.65. The van der Waals surface area contributed by atoms with E-state index in [2.05, 4.69) is 10.3 Å². The number of hydrogen-bond donors (Lipinski definition) is 1. The molecule has 0 bridgehead atoms. The number of aromatic nitrogens is 1. The van der Waals surface area contributed by atoms with Gasteiger partial charge in [-0.15, -0.1) is 11.3 Å². The number of thiazole rings is 1. The zero-order chi connectivity index (χ0) is 17.1. The monoisotopic (exact) mass is 347 g/mol. The first-order valence-corrected chi connectivity index (χ1v) is 9.10. The van der Waals surface area contributed by atoms with Crippen LogP contribution in [0.4, 0.5) is 9.18 Å². The van der Waals surface area contributed by atoms with Crippen LogP contribution in [0.25, 0.3) is 0 Å². The first-order valence-electron chi connectivity index (χ1n) is 8.28. The van der Waals surface area contributed by atoms with Crippen LogP contribution in [0.15, 0.2) is 30.5 Å². The SMILES string of the molecule is Cc1cnc(CCNC(=O)N(C2CC2)C(C)c2ccccc2F)s1. The van der Waals surface area contributed by atoms with Gasteiger partial charge in [0, 0.05) is 35.6 Å². The second kappa shape index (κ2) is 7.30. The van der Waals surface area contributed by atoms with Gasteiger partial charge in [0.15, 0.2) is 0 Å². The maximum Gasteiger partial charge on any atom is 0.318 e. The molecule has 2 aromatic rings. The number of aryl methyl sites for hydroxylation is 1. The first kappa shape index (κ1) is 16.9. The fraction of sp³-hybridized carbons (Fsp3) is 0.444. The van der Waals surface area contributed by atoms with Crippen molar-refractivity contribution in [3.8, 4) is 0 Å². The number of halogens is 1. The van der Waals surface area contributed by atoms with Crippen molar-refractivity contribution in [2.75, 3.05) is 6.54 Å². The molecule has 2 amide bonds. The Labute approximate surface area is 145 Å². The Balaban J connectivity index is 1.62. The lowest BCUT2D eigenvalue weighted by molar-refractivity contribution is 0.174. The van der Waals surface area contributed by atoms with E-state index in [1.165, 1.54) is 10.9 Å². The molecule has 0 spiro atoms. The third-order valence-corrected chi connectivity index (χ3v) is 5.20. The van der Waals surface area contributed by atoms with Crippen LogP contribution in [0.1, 0.15) is 41.3 Å². The zero-order valence-corrected chi connectivity index (χ0v) is 14.8. The molecule has 6 heteroatoms. The molecule has 0 aliphatic heterocycles. The number of nitrogens with one attached hydrogen (secondary N) is 1. The lowest BCUT2D eigenvalue weighted by Crippen LogP contribution is -2.43. The second-order valence-electron chi connectivity index (χ2n) is 6.18.